The Morgan fingerprint density at radius 1 is 0.964 bits per heavy atom. The van der Waals surface area contributed by atoms with Gasteiger partial charge in [-0.05, 0) is 42.7 Å². The lowest BCUT2D eigenvalue weighted by molar-refractivity contribution is 0.289. The summed E-state index contributed by atoms with van der Waals surface area (Å²) in [5, 5.41) is 0. The first-order chi connectivity index (χ1) is 13.2. The molecule has 2 aromatic carbocycles. The Bertz CT molecular complexity index is 936. The van der Waals surface area contributed by atoms with Crippen molar-refractivity contribution in [2.24, 2.45) is 5.92 Å². The molecule has 2 aromatic rings. The van der Waals surface area contributed by atoms with Crippen LogP contribution in [0.4, 0.5) is 17.6 Å². The van der Waals surface area contributed by atoms with Gasteiger partial charge in [-0.15, -0.1) is 0 Å². The van der Waals surface area contributed by atoms with Crippen molar-refractivity contribution in [3.63, 3.8) is 0 Å². The first-order valence-corrected chi connectivity index (χ1v) is 11.5. The number of nitrogens with zero attached hydrogens (tertiary/aromatic N) is 1. The molecule has 3 nitrogen and oxygen atoms in total. The molecule has 1 heterocycles. The van der Waals surface area contributed by atoms with E-state index in [9.17, 15) is 26.0 Å². The lowest BCUT2D eigenvalue weighted by Crippen LogP contribution is -2.29. The number of rotatable bonds is 5. The molecule has 3 rings (SSSR count). The average molecular weight is 454 g/mol. The summed E-state index contributed by atoms with van der Waals surface area (Å²) >= 11 is 0.539. The van der Waals surface area contributed by atoms with E-state index in [0.29, 0.717) is 31.0 Å². The molecule has 0 atom stereocenters. The van der Waals surface area contributed by atoms with E-state index < -0.39 is 42.1 Å². The van der Waals surface area contributed by atoms with Crippen LogP contribution in [-0.4, -0.2) is 25.8 Å². The number of piperidine rings is 1. The molecule has 0 radical (unpaired) electrons. The van der Waals surface area contributed by atoms with Gasteiger partial charge in [-0.3, -0.25) is 0 Å². The Labute approximate surface area is 169 Å². The van der Waals surface area contributed by atoms with Crippen LogP contribution in [0.5, 0.6) is 0 Å². The maximum absolute atomic E-state index is 14.2. The molecular formula is C18H16ClF4NO2S2. The van der Waals surface area contributed by atoms with Crippen LogP contribution in [0.1, 0.15) is 18.4 Å². The van der Waals surface area contributed by atoms with Gasteiger partial charge in [0.15, 0.2) is 28.2 Å². The third-order valence-electron chi connectivity index (χ3n) is 4.59. The van der Waals surface area contributed by atoms with Crippen LogP contribution in [0, 0.1) is 29.2 Å². The second-order valence-corrected chi connectivity index (χ2v) is 10.1. The number of benzene rings is 2. The van der Waals surface area contributed by atoms with E-state index in [1.54, 1.807) is 4.31 Å². The van der Waals surface area contributed by atoms with Gasteiger partial charge >= 0.3 is 0 Å². The fourth-order valence-corrected chi connectivity index (χ4v) is 5.17. The van der Waals surface area contributed by atoms with Crippen molar-refractivity contribution in [1.29, 1.82) is 0 Å². The minimum absolute atomic E-state index is 0.395. The lowest BCUT2D eigenvalue weighted by Gasteiger charge is -2.31. The topological polar surface area (TPSA) is 37.4 Å². The predicted octanol–water partition coefficient (Wildman–Crippen LogP) is 5.13. The van der Waals surface area contributed by atoms with E-state index >= 15 is 0 Å². The molecule has 0 aromatic heterocycles. The second kappa shape index (κ2) is 8.61. The summed E-state index contributed by atoms with van der Waals surface area (Å²) in [5.74, 6) is -7.18. The highest BCUT2D eigenvalue weighted by molar-refractivity contribution is 8.13. The Morgan fingerprint density at radius 2 is 1.50 bits per heavy atom. The van der Waals surface area contributed by atoms with Gasteiger partial charge in [-0.2, -0.15) is 0 Å². The van der Waals surface area contributed by atoms with Crippen molar-refractivity contribution in [1.82, 2.24) is 4.31 Å². The van der Waals surface area contributed by atoms with E-state index in [2.05, 4.69) is 0 Å². The molecule has 1 aliphatic rings. The van der Waals surface area contributed by atoms with Gasteiger partial charge in [0.05, 0.1) is 0 Å². The Morgan fingerprint density at radius 3 is 2.00 bits per heavy atom. The standard InChI is InChI=1S/C18H16ClF4NO2S2/c19-28(25,26)18-15(22)13(20)17(14(21)16(18)23)27-24-8-6-12(7-9-24)10-11-4-2-1-3-5-11/h1-5,12H,6-10H2. The monoisotopic (exact) mass is 453 g/mol. The van der Waals surface area contributed by atoms with Crippen LogP contribution < -0.4 is 0 Å². The van der Waals surface area contributed by atoms with Crippen molar-refractivity contribution in [2.45, 2.75) is 29.1 Å². The second-order valence-electron chi connectivity index (χ2n) is 6.51. The molecule has 1 fully saturated rings. The lowest BCUT2D eigenvalue weighted by atomic mass is 9.91. The number of halogens is 5. The Kier molecular flexibility index (Phi) is 6.58. The Hall–Kier alpha value is -1.29. The molecule has 0 saturated carbocycles. The zero-order valence-corrected chi connectivity index (χ0v) is 16.9. The highest BCUT2D eigenvalue weighted by Crippen LogP contribution is 2.37. The van der Waals surface area contributed by atoms with Crippen LogP contribution in [0.2, 0.25) is 0 Å². The largest absolute Gasteiger partial charge is 0.267 e. The third kappa shape index (κ3) is 4.64. The highest BCUT2D eigenvalue weighted by Gasteiger charge is 2.33. The normalized spacial score (nSPS) is 16.5. The van der Waals surface area contributed by atoms with E-state index in [4.69, 9.17) is 10.7 Å². The van der Waals surface area contributed by atoms with Crippen molar-refractivity contribution >= 4 is 31.7 Å². The summed E-state index contributed by atoms with van der Waals surface area (Å²) in [4.78, 5) is -2.73. The molecule has 28 heavy (non-hydrogen) atoms. The van der Waals surface area contributed by atoms with Gasteiger partial charge in [-0.25, -0.2) is 30.3 Å². The van der Waals surface area contributed by atoms with Crippen LogP contribution >= 0.6 is 22.6 Å². The zero-order chi connectivity index (χ0) is 20.5. The predicted molar refractivity (Wildman–Crippen MR) is 99.6 cm³/mol. The summed E-state index contributed by atoms with van der Waals surface area (Å²) in [6.45, 7) is 0.944. The minimum Gasteiger partial charge on any atom is -0.246 e. The van der Waals surface area contributed by atoms with E-state index in [1.807, 2.05) is 30.3 Å². The molecular weight excluding hydrogens is 438 g/mol. The molecule has 1 aliphatic heterocycles. The van der Waals surface area contributed by atoms with E-state index in [0.717, 1.165) is 19.3 Å². The van der Waals surface area contributed by atoms with Crippen LogP contribution in [0.15, 0.2) is 40.1 Å². The zero-order valence-electron chi connectivity index (χ0n) is 14.5. The first kappa shape index (κ1) is 21.4. The van der Waals surface area contributed by atoms with E-state index in [-0.39, 0.29) is 0 Å². The summed E-state index contributed by atoms with van der Waals surface area (Å²) < 4.78 is 80.4. The quantitative estimate of drug-likeness (QED) is 0.272. The fourth-order valence-electron chi connectivity index (χ4n) is 3.17. The van der Waals surface area contributed by atoms with Gasteiger partial charge in [-0.1, -0.05) is 30.3 Å². The van der Waals surface area contributed by atoms with Crippen molar-refractivity contribution in [2.75, 3.05) is 13.1 Å². The minimum atomic E-state index is -4.98. The molecule has 0 bridgehead atoms. The molecule has 1 saturated heterocycles. The summed E-state index contributed by atoms with van der Waals surface area (Å²) in [6, 6.07) is 9.91. The van der Waals surface area contributed by atoms with Gasteiger partial charge in [0.2, 0.25) is 0 Å². The van der Waals surface area contributed by atoms with Crippen molar-refractivity contribution in [3.8, 4) is 0 Å². The maximum Gasteiger partial charge on any atom is 0.267 e. The molecule has 0 unspecified atom stereocenters. The van der Waals surface area contributed by atoms with Crippen LogP contribution in [0.25, 0.3) is 0 Å². The van der Waals surface area contributed by atoms with Gasteiger partial charge < -0.3 is 0 Å². The molecule has 0 N–H and O–H groups in total. The van der Waals surface area contributed by atoms with E-state index in [1.165, 1.54) is 5.56 Å². The first-order valence-electron chi connectivity index (χ1n) is 8.46. The van der Waals surface area contributed by atoms with Crippen molar-refractivity contribution < 1.29 is 26.0 Å². The smallest absolute Gasteiger partial charge is 0.246 e. The van der Waals surface area contributed by atoms with Crippen LogP contribution in [0.3, 0.4) is 0 Å². The van der Waals surface area contributed by atoms with Crippen LogP contribution in [-0.2, 0) is 15.5 Å². The molecule has 0 aliphatic carbocycles. The Balaban J connectivity index is 1.72. The van der Waals surface area contributed by atoms with Crippen molar-refractivity contribution in [3.05, 3.63) is 59.2 Å². The number of hydrogen-bond donors (Lipinski definition) is 0. The molecule has 10 heteroatoms. The maximum atomic E-state index is 14.2. The molecule has 152 valence electrons. The molecule has 0 spiro atoms. The highest BCUT2D eigenvalue weighted by atomic mass is 35.7. The van der Waals surface area contributed by atoms with Gasteiger partial charge in [0.25, 0.3) is 9.05 Å². The summed E-state index contributed by atoms with van der Waals surface area (Å²) in [5.41, 5.74) is 1.20. The third-order valence-corrected chi connectivity index (χ3v) is 7.06. The molecule has 0 amide bonds. The number of hydrogen-bond acceptors (Lipinski definition) is 4. The SMILES string of the molecule is O=S(=O)(Cl)c1c(F)c(F)c(SN2CCC(Cc3ccccc3)CC2)c(F)c1F. The average Bonchev–Trinajstić information content (AvgIpc) is 2.65. The summed E-state index contributed by atoms with van der Waals surface area (Å²) in [7, 11) is -0.0952. The summed E-state index contributed by atoms with van der Waals surface area (Å²) in [6.07, 6.45) is 2.39. The van der Waals surface area contributed by atoms with Gasteiger partial charge in [0, 0.05) is 23.8 Å². The fraction of sp³-hybridized carbons (Fsp3) is 0.333. The van der Waals surface area contributed by atoms with Gasteiger partial charge in [0.1, 0.15) is 4.90 Å².